The summed E-state index contributed by atoms with van der Waals surface area (Å²) in [5.41, 5.74) is 8.87. The van der Waals surface area contributed by atoms with Crippen LogP contribution in [0.5, 0.6) is 0 Å². The van der Waals surface area contributed by atoms with E-state index in [0.29, 0.717) is 0 Å². The van der Waals surface area contributed by atoms with Gasteiger partial charge in [-0.25, -0.2) is 0 Å². The SMILES string of the molecule is C=Cc1ccc2c(c1)c1cc(C=C)ccc1n2-c1cncc(-n2c3ccccc3c3ccccc32)c1. The molecule has 3 heteroatoms. The molecule has 3 heterocycles. The van der Waals surface area contributed by atoms with Gasteiger partial charge in [0.2, 0.25) is 0 Å². The number of nitrogens with zero attached hydrogens (tertiary/aromatic N) is 3. The second-order valence-electron chi connectivity index (χ2n) is 9.07. The maximum atomic E-state index is 4.72. The number of rotatable bonds is 4. The summed E-state index contributed by atoms with van der Waals surface area (Å²) in [5, 5.41) is 4.86. The Bertz CT molecular complexity index is 1870. The molecule has 0 aliphatic heterocycles. The molecule has 3 nitrogen and oxygen atoms in total. The molecule has 3 aromatic heterocycles. The lowest BCUT2D eigenvalue weighted by Crippen LogP contribution is -2.00. The fourth-order valence-electron chi connectivity index (χ4n) is 5.45. The molecule has 0 saturated heterocycles. The van der Waals surface area contributed by atoms with E-state index in [2.05, 4.69) is 113 Å². The Balaban J connectivity index is 1.54. The number of para-hydroxylation sites is 2. The van der Waals surface area contributed by atoms with Gasteiger partial charge in [0.1, 0.15) is 0 Å². The first-order valence-corrected chi connectivity index (χ1v) is 12.0. The van der Waals surface area contributed by atoms with Crippen LogP contribution >= 0.6 is 0 Å². The third kappa shape index (κ3) is 2.90. The minimum absolute atomic E-state index is 1.02. The smallest absolute Gasteiger partial charge is 0.0666 e. The summed E-state index contributed by atoms with van der Waals surface area (Å²) in [6.45, 7) is 7.94. The Morgan fingerprint density at radius 3 is 1.42 bits per heavy atom. The average molecular weight is 462 g/mol. The number of aromatic nitrogens is 3. The molecule has 0 unspecified atom stereocenters. The highest BCUT2D eigenvalue weighted by Crippen LogP contribution is 2.36. The van der Waals surface area contributed by atoms with Gasteiger partial charge in [-0.1, -0.05) is 73.8 Å². The first-order chi connectivity index (χ1) is 17.8. The molecule has 7 aromatic rings. The van der Waals surface area contributed by atoms with Crippen molar-refractivity contribution in [1.82, 2.24) is 14.1 Å². The number of pyridine rings is 1. The van der Waals surface area contributed by atoms with Gasteiger partial charge in [0.15, 0.2) is 0 Å². The first kappa shape index (κ1) is 20.5. The van der Waals surface area contributed by atoms with Crippen molar-refractivity contribution in [3.05, 3.63) is 128 Å². The molecular weight excluding hydrogens is 438 g/mol. The maximum absolute atomic E-state index is 4.72. The minimum Gasteiger partial charge on any atom is -0.308 e. The monoisotopic (exact) mass is 461 g/mol. The van der Waals surface area contributed by atoms with Crippen molar-refractivity contribution in [3.8, 4) is 11.4 Å². The normalized spacial score (nSPS) is 11.6. The number of hydrogen-bond acceptors (Lipinski definition) is 1. The Morgan fingerprint density at radius 2 is 0.944 bits per heavy atom. The number of hydrogen-bond donors (Lipinski definition) is 0. The lowest BCUT2D eigenvalue weighted by molar-refractivity contribution is 1.09. The highest BCUT2D eigenvalue weighted by atomic mass is 15.0. The van der Waals surface area contributed by atoms with Crippen LogP contribution in [0.2, 0.25) is 0 Å². The van der Waals surface area contributed by atoms with Gasteiger partial charge in [-0.15, -0.1) is 0 Å². The van der Waals surface area contributed by atoms with Crippen LogP contribution in [0.3, 0.4) is 0 Å². The summed E-state index contributed by atoms with van der Waals surface area (Å²) in [7, 11) is 0. The zero-order valence-electron chi connectivity index (χ0n) is 19.7. The molecule has 0 radical (unpaired) electrons. The molecule has 0 aliphatic carbocycles. The van der Waals surface area contributed by atoms with E-state index in [-0.39, 0.29) is 0 Å². The molecule has 0 amide bonds. The van der Waals surface area contributed by atoms with Crippen LogP contribution in [0.15, 0.2) is 117 Å². The van der Waals surface area contributed by atoms with Crippen LogP contribution in [0, 0.1) is 0 Å². The van der Waals surface area contributed by atoms with E-state index in [1.54, 1.807) is 0 Å². The van der Waals surface area contributed by atoms with Gasteiger partial charge in [-0.2, -0.15) is 0 Å². The van der Waals surface area contributed by atoms with Crippen molar-refractivity contribution in [1.29, 1.82) is 0 Å². The van der Waals surface area contributed by atoms with Gasteiger partial charge in [0.25, 0.3) is 0 Å². The maximum Gasteiger partial charge on any atom is 0.0666 e. The quantitative estimate of drug-likeness (QED) is 0.257. The van der Waals surface area contributed by atoms with Gasteiger partial charge in [-0.05, 0) is 53.6 Å². The zero-order chi connectivity index (χ0) is 24.2. The second kappa shape index (κ2) is 7.82. The van der Waals surface area contributed by atoms with Crippen LogP contribution < -0.4 is 0 Å². The highest BCUT2D eigenvalue weighted by Gasteiger charge is 2.16. The van der Waals surface area contributed by atoms with Crippen molar-refractivity contribution in [3.63, 3.8) is 0 Å². The largest absolute Gasteiger partial charge is 0.308 e. The second-order valence-corrected chi connectivity index (χ2v) is 9.07. The number of benzene rings is 4. The summed E-state index contributed by atoms with van der Waals surface area (Å²) < 4.78 is 4.61. The van der Waals surface area contributed by atoms with Crippen LogP contribution in [-0.2, 0) is 0 Å². The van der Waals surface area contributed by atoms with Gasteiger partial charge in [0, 0.05) is 21.5 Å². The molecule has 0 fully saturated rings. The molecule has 7 rings (SSSR count). The van der Waals surface area contributed by atoms with Crippen LogP contribution in [0.25, 0.3) is 67.1 Å². The van der Waals surface area contributed by atoms with E-state index < -0.39 is 0 Å². The van der Waals surface area contributed by atoms with Gasteiger partial charge in [0.05, 0.1) is 45.8 Å². The van der Waals surface area contributed by atoms with E-state index in [4.69, 9.17) is 4.98 Å². The summed E-state index contributed by atoms with van der Waals surface area (Å²) in [6, 6.07) is 32.3. The van der Waals surface area contributed by atoms with Crippen LogP contribution in [0.4, 0.5) is 0 Å². The zero-order valence-corrected chi connectivity index (χ0v) is 19.7. The first-order valence-electron chi connectivity index (χ1n) is 12.0. The lowest BCUT2D eigenvalue weighted by Gasteiger charge is -2.12. The van der Waals surface area contributed by atoms with Gasteiger partial charge >= 0.3 is 0 Å². The Hall–Kier alpha value is -4.89. The fraction of sp³-hybridized carbons (Fsp3) is 0. The Kier molecular flexibility index (Phi) is 4.45. The summed E-state index contributed by atoms with van der Waals surface area (Å²) >= 11 is 0. The van der Waals surface area contributed by atoms with E-state index in [1.807, 2.05) is 24.5 Å². The van der Waals surface area contributed by atoms with E-state index >= 15 is 0 Å². The standard InChI is InChI=1S/C33H23N3/c1-3-22-13-15-32-28(17-22)29-18-23(4-2)14-16-33(29)36(32)25-19-24(20-34-21-25)35-30-11-7-5-9-26(30)27-10-6-8-12-31(27)35/h3-21H,1-2H2. The molecule has 0 atom stereocenters. The molecular formula is C33H23N3. The highest BCUT2D eigenvalue weighted by molar-refractivity contribution is 6.11. The topological polar surface area (TPSA) is 22.8 Å². The molecule has 0 saturated carbocycles. The van der Waals surface area contributed by atoms with E-state index in [0.717, 1.165) is 33.5 Å². The molecule has 36 heavy (non-hydrogen) atoms. The van der Waals surface area contributed by atoms with Crippen molar-refractivity contribution in [2.45, 2.75) is 0 Å². The third-order valence-corrected chi connectivity index (χ3v) is 7.09. The van der Waals surface area contributed by atoms with Crippen LogP contribution in [-0.4, -0.2) is 14.1 Å². The molecule has 170 valence electrons. The Morgan fingerprint density at radius 1 is 0.500 bits per heavy atom. The van der Waals surface area contributed by atoms with Crippen molar-refractivity contribution >= 4 is 55.8 Å². The summed E-state index contributed by atoms with van der Waals surface area (Å²) in [6.07, 6.45) is 7.68. The Labute approximate surface area is 208 Å². The predicted molar refractivity (Wildman–Crippen MR) is 153 cm³/mol. The molecule has 0 N–H and O–H groups in total. The number of fused-ring (bicyclic) bond motifs is 6. The van der Waals surface area contributed by atoms with Crippen LogP contribution in [0.1, 0.15) is 11.1 Å². The summed E-state index contributed by atoms with van der Waals surface area (Å²) in [4.78, 5) is 4.72. The minimum atomic E-state index is 1.02. The molecule has 0 spiro atoms. The lowest BCUT2D eigenvalue weighted by atomic mass is 10.1. The molecule has 0 bridgehead atoms. The summed E-state index contributed by atoms with van der Waals surface area (Å²) in [5.74, 6) is 0. The molecule has 4 aromatic carbocycles. The van der Waals surface area contributed by atoms with E-state index in [1.165, 1.54) is 32.6 Å². The van der Waals surface area contributed by atoms with Gasteiger partial charge < -0.3 is 9.13 Å². The fourth-order valence-corrected chi connectivity index (χ4v) is 5.45. The van der Waals surface area contributed by atoms with Crippen molar-refractivity contribution in [2.75, 3.05) is 0 Å². The predicted octanol–water partition coefficient (Wildman–Crippen LogP) is 8.56. The average Bonchev–Trinajstić information content (AvgIpc) is 3.45. The van der Waals surface area contributed by atoms with Gasteiger partial charge in [-0.3, -0.25) is 4.98 Å². The van der Waals surface area contributed by atoms with E-state index in [9.17, 15) is 0 Å². The third-order valence-electron chi connectivity index (χ3n) is 7.09. The molecule has 0 aliphatic rings. The van der Waals surface area contributed by atoms with Crippen molar-refractivity contribution in [2.24, 2.45) is 0 Å². The van der Waals surface area contributed by atoms with Crippen molar-refractivity contribution < 1.29 is 0 Å².